The van der Waals surface area contributed by atoms with Crippen molar-refractivity contribution in [1.29, 1.82) is 0 Å². The molecule has 0 spiro atoms. The molecule has 3 N–H and O–H groups in total. The van der Waals surface area contributed by atoms with E-state index in [2.05, 4.69) is 11.8 Å². The van der Waals surface area contributed by atoms with E-state index >= 15 is 0 Å². The van der Waals surface area contributed by atoms with Crippen LogP contribution in [0.15, 0.2) is 18.2 Å². The lowest BCUT2D eigenvalue weighted by molar-refractivity contribution is 0.244. The third-order valence-corrected chi connectivity index (χ3v) is 3.86. The number of halogens is 1. The minimum atomic E-state index is -0.265. The highest BCUT2D eigenvalue weighted by atomic mass is 19.1. The SMILES string of the molecule is CC1CCN(c2ccc(F)cc2[C@@H](C)N)C1CO. The molecular weight excluding hydrogens is 231 g/mol. The Balaban J connectivity index is 2.38. The molecule has 0 aromatic heterocycles. The zero-order valence-corrected chi connectivity index (χ0v) is 10.9. The van der Waals surface area contributed by atoms with Crippen LogP contribution < -0.4 is 10.6 Å². The number of benzene rings is 1. The fourth-order valence-electron chi connectivity index (χ4n) is 2.74. The molecule has 4 heteroatoms. The van der Waals surface area contributed by atoms with Crippen molar-refractivity contribution in [3.05, 3.63) is 29.6 Å². The largest absolute Gasteiger partial charge is 0.394 e. The lowest BCUT2D eigenvalue weighted by Crippen LogP contribution is -2.36. The third kappa shape index (κ3) is 2.35. The van der Waals surface area contributed by atoms with E-state index in [1.54, 1.807) is 6.07 Å². The van der Waals surface area contributed by atoms with E-state index < -0.39 is 0 Å². The fraction of sp³-hybridized carbons (Fsp3) is 0.571. The molecule has 3 atom stereocenters. The molecule has 0 aliphatic carbocycles. The molecule has 18 heavy (non-hydrogen) atoms. The van der Waals surface area contributed by atoms with Crippen molar-refractivity contribution in [2.45, 2.75) is 32.4 Å². The molecule has 0 radical (unpaired) electrons. The first kappa shape index (κ1) is 13.3. The minimum absolute atomic E-state index is 0.105. The Morgan fingerprint density at radius 1 is 1.56 bits per heavy atom. The van der Waals surface area contributed by atoms with Crippen molar-refractivity contribution in [2.75, 3.05) is 18.1 Å². The van der Waals surface area contributed by atoms with E-state index in [4.69, 9.17) is 5.73 Å². The molecule has 1 aromatic carbocycles. The van der Waals surface area contributed by atoms with Gasteiger partial charge in [0.15, 0.2) is 0 Å². The standard InChI is InChI=1S/C14H21FN2O/c1-9-5-6-17(14(9)8-18)13-4-3-11(15)7-12(13)10(2)16/h3-4,7,9-10,14,18H,5-6,8,16H2,1-2H3/t9?,10-,14?/m1/s1. The quantitative estimate of drug-likeness (QED) is 0.865. The van der Waals surface area contributed by atoms with Gasteiger partial charge in [-0.25, -0.2) is 4.39 Å². The van der Waals surface area contributed by atoms with Crippen LogP contribution in [0.2, 0.25) is 0 Å². The molecule has 100 valence electrons. The van der Waals surface area contributed by atoms with Crippen LogP contribution in [0.1, 0.15) is 31.9 Å². The van der Waals surface area contributed by atoms with Gasteiger partial charge in [-0.05, 0) is 43.0 Å². The molecule has 2 unspecified atom stereocenters. The van der Waals surface area contributed by atoms with Gasteiger partial charge in [0.05, 0.1) is 12.6 Å². The maximum atomic E-state index is 13.3. The van der Waals surface area contributed by atoms with E-state index in [0.717, 1.165) is 24.2 Å². The monoisotopic (exact) mass is 252 g/mol. The van der Waals surface area contributed by atoms with Gasteiger partial charge in [0.25, 0.3) is 0 Å². The average molecular weight is 252 g/mol. The maximum absolute atomic E-state index is 13.3. The van der Waals surface area contributed by atoms with Gasteiger partial charge >= 0.3 is 0 Å². The Kier molecular flexibility index (Phi) is 3.88. The summed E-state index contributed by atoms with van der Waals surface area (Å²) in [6, 6.07) is 4.61. The van der Waals surface area contributed by atoms with Gasteiger partial charge in [-0.1, -0.05) is 6.92 Å². The smallest absolute Gasteiger partial charge is 0.123 e. The molecule has 2 rings (SSSR count). The molecule has 0 saturated carbocycles. The first-order valence-electron chi connectivity index (χ1n) is 6.47. The van der Waals surface area contributed by atoms with Crippen molar-refractivity contribution in [2.24, 2.45) is 11.7 Å². The summed E-state index contributed by atoms with van der Waals surface area (Å²) in [5.74, 6) is 0.180. The van der Waals surface area contributed by atoms with Crippen molar-refractivity contribution in [1.82, 2.24) is 0 Å². The maximum Gasteiger partial charge on any atom is 0.123 e. The summed E-state index contributed by atoms with van der Waals surface area (Å²) in [6.07, 6.45) is 1.04. The van der Waals surface area contributed by atoms with Gasteiger partial charge in [-0.2, -0.15) is 0 Å². The van der Waals surface area contributed by atoms with Crippen LogP contribution in [-0.4, -0.2) is 24.3 Å². The van der Waals surface area contributed by atoms with Crippen LogP contribution in [0.5, 0.6) is 0 Å². The minimum Gasteiger partial charge on any atom is -0.394 e. The van der Waals surface area contributed by atoms with Gasteiger partial charge in [-0.15, -0.1) is 0 Å². The summed E-state index contributed by atoms with van der Waals surface area (Å²) in [5, 5.41) is 9.51. The molecule has 3 nitrogen and oxygen atoms in total. The summed E-state index contributed by atoms with van der Waals surface area (Å²) in [6.45, 7) is 5.00. The molecular formula is C14H21FN2O. The summed E-state index contributed by atoms with van der Waals surface area (Å²) in [5.41, 5.74) is 7.68. The van der Waals surface area contributed by atoms with Gasteiger partial charge < -0.3 is 15.7 Å². The van der Waals surface area contributed by atoms with Crippen LogP contribution >= 0.6 is 0 Å². The van der Waals surface area contributed by atoms with Crippen LogP contribution in [0, 0.1) is 11.7 Å². The Morgan fingerprint density at radius 2 is 2.28 bits per heavy atom. The van der Waals surface area contributed by atoms with Gasteiger partial charge in [0.2, 0.25) is 0 Å². The Hall–Kier alpha value is -1.13. The van der Waals surface area contributed by atoms with Crippen molar-refractivity contribution < 1.29 is 9.50 Å². The number of hydrogen-bond acceptors (Lipinski definition) is 3. The Bertz CT molecular complexity index is 422. The number of hydrogen-bond donors (Lipinski definition) is 2. The summed E-state index contributed by atoms with van der Waals surface area (Å²) in [4.78, 5) is 2.16. The topological polar surface area (TPSA) is 49.5 Å². The van der Waals surface area contributed by atoms with Gasteiger partial charge in [-0.3, -0.25) is 0 Å². The van der Waals surface area contributed by atoms with E-state index in [-0.39, 0.29) is 24.5 Å². The Labute approximate surface area is 107 Å². The summed E-state index contributed by atoms with van der Waals surface area (Å²) in [7, 11) is 0. The molecule has 1 aromatic rings. The molecule has 1 aliphatic rings. The molecule has 1 fully saturated rings. The van der Waals surface area contributed by atoms with Crippen LogP contribution in [0.4, 0.5) is 10.1 Å². The lowest BCUT2D eigenvalue weighted by atomic mass is 10.0. The molecule has 1 aliphatic heterocycles. The molecule has 0 amide bonds. The lowest BCUT2D eigenvalue weighted by Gasteiger charge is -2.30. The first-order chi connectivity index (χ1) is 8.54. The van der Waals surface area contributed by atoms with Crippen LogP contribution in [0.3, 0.4) is 0 Å². The van der Waals surface area contributed by atoms with Crippen molar-refractivity contribution >= 4 is 5.69 Å². The number of aliphatic hydroxyl groups is 1. The summed E-state index contributed by atoms with van der Waals surface area (Å²) < 4.78 is 13.3. The Morgan fingerprint density at radius 3 is 2.89 bits per heavy atom. The number of nitrogens with two attached hydrogens (primary N) is 1. The number of rotatable bonds is 3. The second kappa shape index (κ2) is 5.24. The van der Waals surface area contributed by atoms with Crippen molar-refractivity contribution in [3.8, 4) is 0 Å². The average Bonchev–Trinajstić information content (AvgIpc) is 2.70. The number of aliphatic hydroxyl groups excluding tert-OH is 1. The van der Waals surface area contributed by atoms with E-state index in [9.17, 15) is 9.50 Å². The van der Waals surface area contributed by atoms with Crippen LogP contribution in [0.25, 0.3) is 0 Å². The normalized spacial score (nSPS) is 25.5. The number of nitrogens with zero attached hydrogens (tertiary/aromatic N) is 1. The van der Waals surface area contributed by atoms with E-state index in [1.807, 2.05) is 6.92 Å². The zero-order chi connectivity index (χ0) is 13.3. The van der Waals surface area contributed by atoms with E-state index in [1.165, 1.54) is 12.1 Å². The first-order valence-corrected chi connectivity index (χ1v) is 6.47. The summed E-state index contributed by atoms with van der Waals surface area (Å²) >= 11 is 0. The van der Waals surface area contributed by atoms with Gasteiger partial charge in [0.1, 0.15) is 5.82 Å². The van der Waals surface area contributed by atoms with Crippen LogP contribution in [-0.2, 0) is 0 Å². The third-order valence-electron chi connectivity index (χ3n) is 3.86. The highest BCUT2D eigenvalue weighted by molar-refractivity contribution is 5.56. The second-order valence-electron chi connectivity index (χ2n) is 5.20. The molecule has 1 heterocycles. The fourth-order valence-corrected chi connectivity index (χ4v) is 2.74. The number of anilines is 1. The second-order valence-corrected chi connectivity index (χ2v) is 5.20. The van der Waals surface area contributed by atoms with Gasteiger partial charge in [0, 0.05) is 18.3 Å². The highest BCUT2D eigenvalue weighted by Gasteiger charge is 2.32. The van der Waals surface area contributed by atoms with E-state index in [0.29, 0.717) is 5.92 Å². The predicted octanol–water partition coefficient (Wildman–Crippen LogP) is 2.05. The molecule has 0 bridgehead atoms. The highest BCUT2D eigenvalue weighted by Crippen LogP contribution is 2.34. The zero-order valence-electron chi connectivity index (χ0n) is 10.9. The van der Waals surface area contributed by atoms with Crippen molar-refractivity contribution in [3.63, 3.8) is 0 Å². The molecule has 1 saturated heterocycles. The predicted molar refractivity (Wildman–Crippen MR) is 71.0 cm³/mol.